The Labute approximate surface area is 157 Å². The summed E-state index contributed by atoms with van der Waals surface area (Å²) in [4.78, 5) is 12.8. The number of hydrogen-bond donors (Lipinski definition) is 1. The summed E-state index contributed by atoms with van der Waals surface area (Å²) in [5, 5.41) is 3.94. The molecule has 0 bridgehead atoms. The van der Waals surface area contributed by atoms with E-state index < -0.39 is 0 Å². The summed E-state index contributed by atoms with van der Waals surface area (Å²) in [5.41, 5.74) is 0.705. The van der Waals surface area contributed by atoms with Crippen LogP contribution in [0.2, 0.25) is 0 Å². The quantitative estimate of drug-likeness (QED) is 0.622. The van der Waals surface area contributed by atoms with E-state index in [2.05, 4.69) is 60.7 Å². The summed E-state index contributed by atoms with van der Waals surface area (Å²) < 4.78 is 0. The van der Waals surface area contributed by atoms with Gasteiger partial charge in [0.1, 0.15) is 5.78 Å². The van der Waals surface area contributed by atoms with Crippen LogP contribution in [0, 0.1) is 22.2 Å². The highest BCUT2D eigenvalue weighted by atomic mass is 16.1. The van der Waals surface area contributed by atoms with Crippen molar-refractivity contribution >= 4 is 5.78 Å². The van der Waals surface area contributed by atoms with Crippen molar-refractivity contribution in [2.75, 3.05) is 6.54 Å². The molecule has 25 heavy (non-hydrogen) atoms. The van der Waals surface area contributed by atoms with Gasteiger partial charge in [0.05, 0.1) is 0 Å². The van der Waals surface area contributed by atoms with Crippen LogP contribution in [0.25, 0.3) is 0 Å². The van der Waals surface area contributed by atoms with Gasteiger partial charge in [-0.05, 0) is 68.6 Å². The normalized spacial score (nSPS) is 36.0. The molecular formula is C23H45NO. The first-order chi connectivity index (χ1) is 11.4. The number of carbonyl (C=O) groups excluding carboxylic acids is 1. The van der Waals surface area contributed by atoms with Crippen molar-refractivity contribution in [2.45, 2.75) is 113 Å². The zero-order chi connectivity index (χ0) is 19.5. The highest BCUT2D eigenvalue weighted by Crippen LogP contribution is 2.51. The predicted octanol–water partition coefficient (Wildman–Crippen LogP) is 6.38. The van der Waals surface area contributed by atoms with Gasteiger partial charge < -0.3 is 5.32 Å². The van der Waals surface area contributed by atoms with E-state index in [1.54, 1.807) is 0 Å². The molecule has 1 aliphatic rings. The van der Waals surface area contributed by atoms with Crippen LogP contribution < -0.4 is 5.32 Å². The molecule has 1 aliphatic heterocycles. The summed E-state index contributed by atoms with van der Waals surface area (Å²) in [5.74, 6) is 0.578. The van der Waals surface area contributed by atoms with Gasteiger partial charge in [-0.15, -0.1) is 0 Å². The van der Waals surface area contributed by atoms with Crippen molar-refractivity contribution in [3.63, 3.8) is 0 Å². The third-order valence-electron chi connectivity index (χ3n) is 7.61. The average molecular weight is 352 g/mol. The summed E-state index contributed by atoms with van der Waals surface area (Å²) in [6.07, 6.45) is 7.77. The van der Waals surface area contributed by atoms with Crippen LogP contribution in [0.1, 0.15) is 107 Å². The minimum Gasteiger partial charge on any atom is -0.311 e. The first kappa shape index (κ1) is 22.7. The number of Topliss-reactive ketones (excluding diaryl/α,β-unsaturated/α-hetero) is 1. The second-order valence-corrected chi connectivity index (χ2v) is 10.4. The minimum absolute atomic E-state index is 0.108. The Kier molecular flexibility index (Phi) is 7.35. The van der Waals surface area contributed by atoms with Gasteiger partial charge >= 0.3 is 0 Å². The third kappa shape index (κ3) is 5.31. The van der Waals surface area contributed by atoms with Crippen molar-refractivity contribution in [3.8, 4) is 0 Å². The van der Waals surface area contributed by atoms with Gasteiger partial charge in [-0.25, -0.2) is 0 Å². The van der Waals surface area contributed by atoms with E-state index in [9.17, 15) is 4.79 Å². The number of hydrogen-bond acceptors (Lipinski definition) is 2. The van der Waals surface area contributed by atoms with E-state index in [1.807, 2.05) is 6.92 Å². The molecular weight excluding hydrogens is 306 g/mol. The summed E-state index contributed by atoms with van der Waals surface area (Å²) >= 11 is 0. The van der Waals surface area contributed by atoms with Gasteiger partial charge in [-0.1, -0.05) is 54.9 Å². The van der Waals surface area contributed by atoms with Crippen molar-refractivity contribution in [1.29, 1.82) is 0 Å². The van der Waals surface area contributed by atoms with Crippen LogP contribution in [0.5, 0.6) is 0 Å². The van der Waals surface area contributed by atoms with Gasteiger partial charge in [-0.3, -0.25) is 4.79 Å². The fourth-order valence-corrected chi connectivity index (χ4v) is 5.50. The maximum atomic E-state index is 12.8. The Balaban J connectivity index is 3.45. The number of ketones is 1. The van der Waals surface area contributed by atoms with E-state index >= 15 is 0 Å². The Morgan fingerprint density at radius 3 is 1.88 bits per heavy atom. The fourth-order valence-electron chi connectivity index (χ4n) is 5.50. The largest absolute Gasteiger partial charge is 0.311 e. The van der Waals surface area contributed by atoms with Gasteiger partial charge in [0, 0.05) is 18.0 Å². The lowest BCUT2D eigenvalue weighted by Gasteiger charge is -2.51. The lowest BCUT2D eigenvalue weighted by Crippen LogP contribution is -2.53. The van der Waals surface area contributed by atoms with E-state index in [4.69, 9.17) is 0 Å². The van der Waals surface area contributed by atoms with Gasteiger partial charge in [0.25, 0.3) is 0 Å². The number of carbonyl (C=O) groups is 1. The lowest BCUT2D eigenvalue weighted by molar-refractivity contribution is -0.129. The van der Waals surface area contributed by atoms with Crippen molar-refractivity contribution in [1.82, 2.24) is 5.32 Å². The molecule has 0 aromatic carbocycles. The first-order valence-electron chi connectivity index (χ1n) is 10.7. The molecule has 1 N–H and O–H groups in total. The molecule has 0 amide bonds. The lowest BCUT2D eigenvalue weighted by atomic mass is 9.57. The summed E-state index contributed by atoms with van der Waals surface area (Å²) in [6.45, 7) is 21.7. The van der Waals surface area contributed by atoms with Gasteiger partial charge in [0.2, 0.25) is 0 Å². The van der Waals surface area contributed by atoms with Crippen LogP contribution in [-0.4, -0.2) is 17.9 Å². The Morgan fingerprint density at radius 2 is 1.48 bits per heavy atom. The zero-order valence-corrected chi connectivity index (χ0v) is 18.6. The highest BCUT2D eigenvalue weighted by molar-refractivity contribution is 5.79. The Hall–Kier alpha value is -0.370. The number of nitrogens with one attached hydrogen (secondary N) is 1. The minimum atomic E-state index is 0.108. The monoisotopic (exact) mass is 351 g/mol. The summed E-state index contributed by atoms with van der Waals surface area (Å²) in [7, 11) is 0. The standard InChI is InChI=1S/C23H45NO/c1-10-21(8)14-19(18(5)25)23(12-3,13-4)16-22(9,11-2)24-17-20(6,7)15-21/h19,24H,10-17H2,1-9H3/t19?,21-,22+/m1/s1. The van der Waals surface area contributed by atoms with Crippen LogP contribution in [-0.2, 0) is 4.79 Å². The van der Waals surface area contributed by atoms with Crippen molar-refractivity contribution < 1.29 is 4.79 Å². The molecule has 1 unspecified atom stereocenters. The molecule has 148 valence electrons. The molecule has 1 fully saturated rings. The second-order valence-electron chi connectivity index (χ2n) is 10.4. The molecule has 0 radical (unpaired) electrons. The molecule has 0 aliphatic carbocycles. The molecule has 0 spiro atoms. The summed E-state index contributed by atoms with van der Waals surface area (Å²) in [6, 6.07) is 0. The Bertz CT molecular complexity index is 451. The van der Waals surface area contributed by atoms with E-state index in [0.29, 0.717) is 5.78 Å². The average Bonchev–Trinajstić information content (AvgIpc) is 2.55. The number of rotatable bonds is 5. The van der Waals surface area contributed by atoms with E-state index in [0.717, 1.165) is 45.1 Å². The topological polar surface area (TPSA) is 29.1 Å². The third-order valence-corrected chi connectivity index (χ3v) is 7.61. The Morgan fingerprint density at radius 1 is 0.920 bits per heavy atom. The molecule has 3 atom stereocenters. The van der Waals surface area contributed by atoms with Gasteiger partial charge in [0.15, 0.2) is 0 Å². The predicted molar refractivity (Wildman–Crippen MR) is 110 cm³/mol. The van der Waals surface area contributed by atoms with Crippen LogP contribution in [0.4, 0.5) is 0 Å². The van der Waals surface area contributed by atoms with E-state index in [1.165, 1.54) is 6.42 Å². The zero-order valence-electron chi connectivity index (χ0n) is 18.6. The van der Waals surface area contributed by atoms with Crippen molar-refractivity contribution in [3.05, 3.63) is 0 Å². The van der Waals surface area contributed by atoms with E-state index in [-0.39, 0.29) is 27.7 Å². The fraction of sp³-hybridized carbons (Fsp3) is 0.957. The molecule has 0 saturated carbocycles. The second kappa shape index (κ2) is 8.11. The van der Waals surface area contributed by atoms with Crippen LogP contribution in [0.15, 0.2) is 0 Å². The molecule has 2 heteroatoms. The smallest absolute Gasteiger partial charge is 0.133 e. The highest BCUT2D eigenvalue weighted by Gasteiger charge is 2.47. The maximum absolute atomic E-state index is 12.8. The molecule has 1 heterocycles. The SMILES string of the molecule is CCC1(CC)C[C@](C)(CC)NCC(C)(C)C[C@](C)(CC)CC1C(C)=O. The molecule has 0 aromatic rings. The van der Waals surface area contributed by atoms with Crippen LogP contribution in [0.3, 0.4) is 0 Å². The van der Waals surface area contributed by atoms with Crippen molar-refractivity contribution in [2.24, 2.45) is 22.2 Å². The van der Waals surface area contributed by atoms with Crippen LogP contribution >= 0.6 is 0 Å². The maximum Gasteiger partial charge on any atom is 0.133 e. The first-order valence-corrected chi connectivity index (χ1v) is 10.7. The molecule has 2 nitrogen and oxygen atoms in total. The molecule has 1 rings (SSSR count). The van der Waals surface area contributed by atoms with Gasteiger partial charge in [-0.2, -0.15) is 0 Å². The molecule has 0 aromatic heterocycles. The molecule has 1 saturated heterocycles.